The molecule has 5 nitrogen and oxygen atoms in total. The highest BCUT2D eigenvalue weighted by atomic mass is 16.5. The number of para-hydroxylation sites is 1. The van der Waals surface area contributed by atoms with Crippen LogP contribution in [0.4, 0.5) is 0 Å². The molecule has 1 amide bonds. The second kappa shape index (κ2) is 8.74. The number of piperidine rings is 1. The number of ether oxygens (including phenoxy) is 1. The van der Waals surface area contributed by atoms with Crippen molar-refractivity contribution in [1.82, 2.24) is 15.2 Å². The molecule has 4 rings (SSSR count). The van der Waals surface area contributed by atoms with Crippen LogP contribution < -0.4 is 10.1 Å². The maximum atomic E-state index is 12.5. The summed E-state index contributed by atoms with van der Waals surface area (Å²) < 4.78 is 5.52. The number of hydrogen-bond acceptors (Lipinski definition) is 4. The van der Waals surface area contributed by atoms with Gasteiger partial charge in [0.2, 0.25) is 5.91 Å². The molecule has 2 fully saturated rings. The zero-order valence-corrected chi connectivity index (χ0v) is 16.5. The van der Waals surface area contributed by atoms with Gasteiger partial charge in [0.05, 0.1) is 18.8 Å². The second-order valence-electron chi connectivity index (χ2n) is 7.96. The largest absolute Gasteiger partial charge is 0.496 e. The average Bonchev–Trinajstić information content (AvgIpc) is 3.59. The lowest BCUT2D eigenvalue weighted by Gasteiger charge is -2.37. The van der Waals surface area contributed by atoms with Gasteiger partial charge in [0, 0.05) is 30.8 Å². The molecule has 2 aromatic rings. The van der Waals surface area contributed by atoms with Crippen LogP contribution in [0.25, 0.3) is 0 Å². The van der Waals surface area contributed by atoms with Crippen LogP contribution in [0.5, 0.6) is 5.75 Å². The highest BCUT2D eigenvalue weighted by Gasteiger charge is 2.35. The Bertz CT molecular complexity index is 791. The molecular formula is C23H29N3O2. The summed E-state index contributed by atoms with van der Waals surface area (Å²) in [6.45, 7) is 2.89. The van der Waals surface area contributed by atoms with E-state index in [1.807, 2.05) is 36.5 Å². The van der Waals surface area contributed by atoms with Crippen molar-refractivity contribution in [3.05, 3.63) is 59.9 Å². The van der Waals surface area contributed by atoms with Crippen LogP contribution in [0.1, 0.15) is 43.0 Å². The number of aromatic nitrogens is 1. The highest BCUT2D eigenvalue weighted by Crippen LogP contribution is 2.34. The Hall–Kier alpha value is -2.40. The molecule has 0 bridgehead atoms. The topological polar surface area (TPSA) is 54.5 Å². The first-order valence-corrected chi connectivity index (χ1v) is 10.3. The van der Waals surface area contributed by atoms with Gasteiger partial charge >= 0.3 is 0 Å². The third-order valence-electron chi connectivity index (χ3n) is 5.85. The lowest BCUT2D eigenvalue weighted by molar-refractivity contribution is -0.123. The van der Waals surface area contributed by atoms with E-state index in [2.05, 4.69) is 27.3 Å². The number of pyridine rings is 1. The second-order valence-corrected chi connectivity index (χ2v) is 7.96. The van der Waals surface area contributed by atoms with Crippen LogP contribution in [0.15, 0.2) is 48.7 Å². The van der Waals surface area contributed by atoms with Gasteiger partial charge < -0.3 is 10.1 Å². The summed E-state index contributed by atoms with van der Waals surface area (Å²) in [6, 6.07) is 14.2. The summed E-state index contributed by atoms with van der Waals surface area (Å²) in [7, 11) is 1.72. The Kier molecular flexibility index (Phi) is 5.91. The van der Waals surface area contributed by atoms with Gasteiger partial charge in [0.15, 0.2) is 0 Å². The van der Waals surface area contributed by atoms with E-state index in [0.29, 0.717) is 5.92 Å². The Morgan fingerprint density at radius 3 is 2.79 bits per heavy atom. The molecular weight excluding hydrogens is 350 g/mol. The molecule has 2 aliphatic rings. The summed E-state index contributed by atoms with van der Waals surface area (Å²) in [6.07, 6.45) is 6.09. The van der Waals surface area contributed by atoms with E-state index < -0.39 is 0 Å². The van der Waals surface area contributed by atoms with E-state index in [9.17, 15) is 4.79 Å². The van der Waals surface area contributed by atoms with E-state index in [1.54, 1.807) is 7.11 Å². The van der Waals surface area contributed by atoms with E-state index in [-0.39, 0.29) is 17.9 Å². The fourth-order valence-electron chi connectivity index (χ4n) is 4.19. The smallest absolute Gasteiger partial charge is 0.223 e. The van der Waals surface area contributed by atoms with Crippen molar-refractivity contribution in [2.45, 2.75) is 38.3 Å². The van der Waals surface area contributed by atoms with E-state index in [1.165, 1.54) is 5.56 Å². The number of amides is 1. The minimum atomic E-state index is -0.0187. The minimum Gasteiger partial charge on any atom is -0.496 e. The molecule has 148 valence electrons. The number of likely N-dealkylation sites (tertiary alicyclic amines) is 1. The van der Waals surface area contributed by atoms with E-state index >= 15 is 0 Å². The van der Waals surface area contributed by atoms with Crippen LogP contribution in [0.2, 0.25) is 0 Å². The van der Waals surface area contributed by atoms with Crippen molar-refractivity contribution >= 4 is 5.91 Å². The standard InChI is InChI=1S/C23H29N3O2/c1-28-21-10-3-2-7-18(21)15-26-14-6-8-19(16-26)22(20-9-4-5-13-24-20)25-23(27)17-11-12-17/h2-5,7,9-10,13,17,19,22H,6,8,11-12,14-16H2,1H3,(H,25,27). The number of nitrogens with one attached hydrogen (secondary N) is 1. The van der Waals surface area contributed by atoms with Gasteiger partial charge in [-0.3, -0.25) is 14.7 Å². The molecule has 1 aliphatic carbocycles. The molecule has 1 N–H and O–H groups in total. The molecule has 0 spiro atoms. The number of methoxy groups -OCH3 is 1. The predicted octanol–water partition coefficient (Wildman–Crippen LogP) is 3.57. The fourth-order valence-corrected chi connectivity index (χ4v) is 4.19. The average molecular weight is 380 g/mol. The van der Waals surface area contributed by atoms with Crippen LogP contribution in [-0.4, -0.2) is 36.0 Å². The molecule has 2 atom stereocenters. The van der Waals surface area contributed by atoms with Crippen molar-refractivity contribution in [3.8, 4) is 5.75 Å². The highest BCUT2D eigenvalue weighted by molar-refractivity contribution is 5.81. The minimum absolute atomic E-state index is 0.0187. The number of benzene rings is 1. The molecule has 28 heavy (non-hydrogen) atoms. The molecule has 1 saturated carbocycles. The van der Waals surface area contributed by atoms with E-state index in [0.717, 1.165) is 56.8 Å². The van der Waals surface area contributed by atoms with Gasteiger partial charge in [0.1, 0.15) is 5.75 Å². The van der Waals surface area contributed by atoms with Crippen molar-refractivity contribution in [2.75, 3.05) is 20.2 Å². The Morgan fingerprint density at radius 1 is 1.21 bits per heavy atom. The number of carbonyl (C=O) groups is 1. The molecule has 2 unspecified atom stereocenters. The molecule has 5 heteroatoms. The van der Waals surface area contributed by atoms with E-state index in [4.69, 9.17) is 4.74 Å². The van der Waals surface area contributed by atoms with Gasteiger partial charge in [-0.15, -0.1) is 0 Å². The lowest BCUT2D eigenvalue weighted by Crippen LogP contribution is -2.43. The summed E-state index contributed by atoms with van der Waals surface area (Å²) in [5.74, 6) is 1.70. The molecule has 1 aliphatic heterocycles. The zero-order valence-electron chi connectivity index (χ0n) is 16.5. The molecule has 1 aromatic carbocycles. The SMILES string of the molecule is COc1ccccc1CN1CCCC(C(NC(=O)C2CC2)c2ccccn2)C1. The molecule has 1 aromatic heterocycles. The predicted molar refractivity (Wildman–Crippen MR) is 109 cm³/mol. The number of rotatable bonds is 7. The first kappa shape index (κ1) is 18.9. The number of hydrogen-bond donors (Lipinski definition) is 1. The normalized spacial score (nSPS) is 21.1. The fraction of sp³-hybridized carbons (Fsp3) is 0.478. The summed E-state index contributed by atoms with van der Waals surface area (Å²) in [5.41, 5.74) is 2.18. The Morgan fingerprint density at radius 2 is 2.04 bits per heavy atom. The van der Waals surface area contributed by atoms with Crippen LogP contribution in [0, 0.1) is 11.8 Å². The van der Waals surface area contributed by atoms with Crippen LogP contribution in [0.3, 0.4) is 0 Å². The monoisotopic (exact) mass is 379 g/mol. The van der Waals surface area contributed by atoms with Crippen LogP contribution in [-0.2, 0) is 11.3 Å². The first-order chi connectivity index (χ1) is 13.7. The third kappa shape index (κ3) is 4.53. The van der Waals surface area contributed by atoms with Crippen molar-refractivity contribution < 1.29 is 9.53 Å². The van der Waals surface area contributed by atoms with Gasteiger partial charge in [0.25, 0.3) is 0 Å². The van der Waals surface area contributed by atoms with Crippen molar-refractivity contribution in [2.24, 2.45) is 11.8 Å². The maximum absolute atomic E-state index is 12.5. The first-order valence-electron chi connectivity index (χ1n) is 10.3. The Balaban J connectivity index is 1.49. The maximum Gasteiger partial charge on any atom is 0.223 e. The third-order valence-corrected chi connectivity index (χ3v) is 5.85. The summed E-state index contributed by atoms with van der Waals surface area (Å²) in [4.78, 5) is 19.6. The molecule has 0 radical (unpaired) electrons. The van der Waals surface area contributed by atoms with Crippen molar-refractivity contribution in [3.63, 3.8) is 0 Å². The summed E-state index contributed by atoms with van der Waals surface area (Å²) in [5, 5.41) is 3.32. The van der Waals surface area contributed by atoms with Gasteiger partial charge in [-0.05, 0) is 56.3 Å². The van der Waals surface area contributed by atoms with Gasteiger partial charge in [-0.2, -0.15) is 0 Å². The quantitative estimate of drug-likeness (QED) is 0.799. The van der Waals surface area contributed by atoms with Crippen LogP contribution >= 0.6 is 0 Å². The number of carbonyl (C=O) groups excluding carboxylic acids is 1. The Labute approximate surface area is 167 Å². The lowest BCUT2D eigenvalue weighted by atomic mass is 9.88. The summed E-state index contributed by atoms with van der Waals surface area (Å²) >= 11 is 0. The number of nitrogens with zero attached hydrogens (tertiary/aromatic N) is 2. The van der Waals surface area contributed by atoms with Gasteiger partial charge in [-0.1, -0.05) is 24.3 Å². The zero-order chi connectivity index (χ0) is 19.3. The van der Waals surface area contributed by atoms with Crippen molar-refractivity contribution in [1.29, 1.82) is 0 Å². The van der Waals surface area contributed by atoms with Gasteiger partial charge in [-0.25, -0.2) is 0 Å². The molecule has 1 saturated heterocycles. The molecule has 2 heterocycles.